The summed E-state index contributed by atoms with van der Waals surface area (Å²) in [5.74, 6) is -0.0651. The Morgan fingerprint density at radius 1 is 1.71 bits per heavy atom. The van der Waals surface area contributed by atoms with Gasteiger partial charge in [-0.05, 0) is 19.2 Å². The summed E-state index contributed by atoms with van der Waals surface area (Å²) in [6, 6.07) is 3.07. The van der Waals surface area contributed by atoms with E-state index in [0.717, 1.165) is 5.76 Å². The van der Waals surface area contributed by atoms with E-state index in [2.05, 4.69) is 10.6 Å². The van der Waals surface area contributed by atoms with Crippen LogP contribution in [0, 0.1) is 0 Å². The molecule has 0 aliphatic heterocycles. The zero-order valence-corrected chi connectivity index (χ0v) is 7.99. The van der Waals surface area contributed by atoms with Crippen LogP contribution in [-0.2, 0) is 11.3 Å². The average Bonchev–Trinajstić information content (AvgIpc) is 2.64. The van der Waals surface area contributed by atoms with Crippen molar-refractivity contribution in [3.05, 3.63) is 24.2 Å². The van der Waals surface area contributed by atoms with E-state index in [-0.39, 0.29) is 0 Å². The summed E-state index contributed by atoms with van der Waals surface area (Å²) in [6.07, 6.45) is 1.59. The van der Waals surface area contributed by atoms with Crippen LogP contribution in [0.4, 0.5) is 0 Å². The van der Waals surface area contributed by atoms with E-state index in [1.165, 1.54) is 0 Å². The SMILES string of the molecule is CNC(CNCc1ccco1)C(=O)O. The van der Waals surface area contributed by atoms with Gasteiger partial charge in [0.1, 0.15) is 11.8 Å². The number of carboxylic acid groups (broad SMARTS) is 1. The minimum atomic E-state index is -0.862. The highest BCUT2D eigenvalue weighted by Gasteiger charge is 2.13. The molecule has 1 rings (SSSR count). The van der Waals surface area contributed by atoms with E-state index in [1.807, 2.05) is 6.07 Å². The molecular formula is C9H14N2O3. The molecule has 0 bridgehead atoms. The highest BCUT2D eigenvalue weighted by Crippen LogP contribution is 1.98. The number of hydrogen-bond donors (Lipinski definition) is 3. The normalized spacial score (nSPS) is 12.6. The van der Waals surface area contributed by atoms with E-state index in [9.17, 15) is 4.79 Å². The van der Waals surface area contributed by atoms with Crippen molar-refractivity contribution in [3.63, 3.8) is 0 Å². The summed E-state index contributed by atoms with van der Waals surface area (Å²) in [4.78, 5) is 10.6. The first-order valence-electron chi connectivity index (χ1n) is 4.37. The molecule has 0 saturated carbocycles. The number of carbonyl (C=O) groups is 1. The average molecular weight is 198 g/mol. The minimum Gasteiger partial charge on any atom is -0.480 e. The molecular weight excluding hydrogens is 184 g/mol. The molecule has 0 saturated heterocycles. The largest absolute Gasteiger partial charge is 0.480 e. The van der Waals surface area contributed by atoms with Crippen molar-refractivity contribution in [1.29, 1.82) is 0 Å². The van der Waals surface area contributed by atoms with E-state index in [4.69, 9.17) is 9.52 Å². The maximum absolute atomic E-state index is 10.6. The number of nitrogens with one attached hydrogen (secondary N) is 2. The number of likely N-dealkylation sites (N-methyl/N-ethyl adjacent to an activating group) is 1. The second-order valence-electron chi connectivity index (χ2n) is 2.89. The second kappa shape index (κ2) is 5.41. The molecule has 78 valence electrons. The lowest BCUT2D eigenvalue weighted by Gasteiger charge is -2.10. The van der Waals surface area contributed by atoms with E-state index in [1.54, 1.807) is 19.4 Å². The van der Waals surface area contributed by atoms with Crippen LogP contribution in [-0.4, -0.2) is 30.7 Å². The van der Waals surface area contributed by atoms with Crippen molar-refractivity contribution in [1.82, 2.24) is 10.6 Å². The fourth-order valence-corrected chi connectivity index (χ4v) is 1.07. The van der Waals surface area contributed by atoms with Crippen LogP contribution in [0.25, 0.3) is 0 Å². The molecule has 0 radical (unpaired) electrons. The first kappa shape index (κ1) is 10.7. The quantitative estimate of drug-likeness (QED) is 0.602. The van der Waals surface area contributed by atoms with Crippen molar-refractivity contribution in [3.8, 4) is 0 Å². The summed E-state index contributed by atoms with van der Waals surface area (Å²) in [5, 5.41) is 14.4. The second-order valence-corrected chi connectivity index (χ2v) is 2.89. The third-order valence-corrected chi connectivity index (χ3v) is 1.87. The monoisotopic (exact) mass is 198 g/mol. The Morgan fingerprint density at radius 3 is 3.00 bits per heavy atom. The fraction of sp³-hybridized carbons (Fsp3) is 0.444. The van der Waals surface area contributed by atoms with Gasteiger partial charge in [-0.25, -0.2) is 0 Å². The predicted molar refractivity (Wildman–Crippen MR) is 50.9 cm³/mol. The van der Waals surface area contributed by atoms with Gasteiger partial charge in [-0.1, -0.05) is 0 Å². The molecule has 14 heavy (non-hydrogen) atoms. The van der Waals surface area contributed by atoms with Crippen LogP contribution >= 0.6 is 0 Å². The van der Waals surface area contributed by atoms with Crippen LogP contribution in [0.15, 0.2) is 22.8 Å². The van der Waals surface area contributed by atoms with Crippen molar-refractivity contribution >= 4 is 5.97 Å². The summed E-state index contributed by atoms with van der Waals surface area (Å²) < 4.78 is 5.08. The molecule has 3 N–H and O–H groups in total. The van der Waals surface area contributed by atoms with Crippen molar-refractivity contribution in [2.45, 2.75) is 12.6 Å². The van der Waals surface area contributed by atoms with Gasteiger partial charge in [0.2, 0.25) is 0 Å². The minimum absolute atomic E-state index is 0.368. The topological polar surface area (TPSA) is 74.5 Å². The molecule has 1 unspecified atom stereocenters. The molecule has 0 aliphatic carbocycles. The number of furan rings is 1. The van der Waals surface area contributed by atoms with E-state index in [0.29, 0.717) is 13.1 Å². The molecule has 0 amide bonds. The molecule has 1 aromatic rings. The first-order chi connectivity index (χ1) is 6.74. The molecule has 0 fully saturated rings. The van der Waals surface area contributed by atoms with Crippen LogP contribution in [0.3, 0.4) is 0 Å². The standard InChI is InChI=1S/C9H14N2O3/c1-10-8(9(12)13)6-11-5-7-3-2-4-14-7/h2-4,8,10-11H,5-6H2,1H3,(H,12,13). The Kier molecular flexibility index (Phi) is 4.15. The number of aliphatic carboxylic acids is 1. The van der Waals surface area contributed by atoms with Gasteiger partial charge >= 0.3 is 5.97 Å². The summed E-state index contributed by atoms with van der Waals surface area (Å²) in [6.45, 7) is 0.908. The van der Waals surface area contributed by atoms with Crippen LogP contribution < -0.4 is 10.6 Å². The predicted octanol–water partition coefficient (Wildman–Crippen LogP) is 0.0418. The third-order valence-electron chi connectivity index (χ3n) is 1.87. The maximum Gasteiger partial charge on any atom is 0.322 e. The van der Waals surface area contributed by atoms with Gasteiger partial charge < -0.3 is 20.2 Å². The number of carboxylic acids is 1. The van der Waals surface area contributed by atoms with Crippen molar-refractivity contribution < 1.29 is 14.3 Å². The smallest absolute Gasteiger partial charge is 0.322 e. The Hall–Kier alpha value is -1.33. The van der Waals surface area contributed by atoms with Gasteiger partial charge in [0, 0.05) is 6.54 Å². The van der Waals surface area contributed by atoms with Crippen molar-refractivity contribution in [2.24, 2.45) is 0 Å². The summed E-state index contributed by atoms with van der Waals surface area (Å²) >= 11 is 0. The summed E-state index contributed by atoms with van der Waals surface area (Å²) in [7, 11) is 1.62. The zero-order chi connectivity index (χ0) is 10.4. The zero-order valence-electron chi connectivity index (χ0n) is 7.99. The first-order valence-corrected chi connectivity index (χ1v) is 4.37. The van der Waals surface area contributed by atoms with E-state index < -0.39 is 12.0 Å². The number of hydrogen-bond acceptors (Lipinski definition) is 4. The lowest BCUT2D eigenvalue weighted by Crippen LogP contribution is -2.42. The highest BCUT2D eigenvalue weighted by atomic mass is 16.4. The van der Waals surface area contributed by atoms with Crippen LogP contribution in [0.5, 0.6) is 0 Å². The van der Waals surface area contributed by atoms with Gasteiger partial charge in [-0.2, -0.15) is 0 Å². The van der Waals surface area contributed by atoms with Crippen molar-refractivity contribution in [2.75, 3.05) is 13.6 Å². The lowest BCUT2D eigenvalue weighted by atomic mass is 10.3. The Morgan fingerprint density at radius 2 is 2.50 bits per heavy atom. The molecule has 5 heteroatoms. The van der Waals surface area contributed by atoms with Gasteiger partial charge in [0.15, 0.2) is 0 Å². The summed E-state index contributed by atoms with van der Waals surface area (Å²) in [5.41, 5.74) is 0. The van der Waals surface area contributed by atoms with Gasteiger partial charge in [0.25, 0.3) is 0 Å². The Bertz CT molecular complexity index is 272. The fourth-order valence-electron chi connectivity index (χ4n) is 1.07. The number of rotatable bonds is 6. The molecule has 5 nitrogen and oxygen atoms in total. The Labute approximate surface area is 82.1 Å². The highest BCUT2D eigenvalue weighted by molar-refractivity contribution is 5.73. The van der Waals surface area contributed by atoms with Gasteiger partial charge in [-0.15, -0.1) is 0 Å². The van der Waals surface area contributed by atoms with Crippen LogP contribution in [0.1, 0.15) is 5.76 Å². The molecule has 0 spiro atoms. The third kappa shape index (κ3) is 3.20. The molecule has 1 atom stereocenters. The maximum atomic E-state index is 10.6. The molecule has 0 aromatic carbocycles. The molecule has 1 aromatic heterocycles. The van der Waals surface area contributed by atoms with Crippen LogP contribution in [0.2, 0.25) is 0 Å². The molecule has 1 heterocycles. The van der Waals surface area contributed by atoms with E-state index >= 15 is 0 Å². The van der Waals surface area contributed by atoms with Gasteiger partial charge in [-0.3, -0.25) is 4.79 Å². The van der Waals surface area contributed by atoms with Gasteiger partial charge in [0.05, 0.1) is 12.8 Å². The Balaban J connectivity index is 2.23. The lowest BCUT2D eigenvalue weighted by molar-refractivity contribution is -0.139. The molecule has 0 aliphatic rings.